The predicted octanol–water partition coefficient (Wildman–Crippen LogP) is 3.96. The summed E-state index contributed by atoms with van der Waals surface area (Å²) in [5, 5.41) is 1.17. The number of hydrogen-bond donors (Lipinski definition) is 0. The molecule has 3 aromatic heterocycles. The molecule has 1 aliphatic heterocycles. The van der Waals surface area contributed by atoms with Crippen molar-refractivity contribution < 1.29 is 18.7 Å². The molecule has 1 aromatic carbocycles. The van der Waals surface area contributed by atoms with Crippen molar-refractivity contribution in [2.75, 3.05) is 27.3 Å². The zero-order valence-electron chi connectivity index (χ0n) is 24.2. The van der Waals surface area contributed by atoms with Crippen LogP contribution in [-0.4, -0.2) is 52.7 Å². The van der Waals surface area contributed by atoms with Gasteiger partial charge in [0, 0.05) is 36.6 Å². The number of aryl methyl sites for hydroxylation is 1. The second kappa shape index (κ2) is 12.4. The molecule has 0 bridgehead atoms. The first-order valence-corrected chi connectivity index (χ1v) is 15.0. The highest BCUT2D eigenvalue weighted by Gasteiger charge is 2.36. The zero-order chi connectivity index (χ0) is 30.0. The van der Waals surface area contributed by atoms with E-state index >= 15 is 0 Å². The van der Waals surface area contributed by atoms with Crippen LogP contribution in [0.4, 0.5) is 0 Å². The maximum absolute atomic E-state index is 14.1. The van der Waals surface area contributed by atoms with Gasteiger partial charge in [-0.15, -0.1) is 0 Å². The van der Waals surface area contributed by atoms with Crippen LogP contribution in [0.2, 0.25) is 0 Å². The number of hydrogen-bond acceptors (Lipinski definition) is 10. The lowest BCUT2D eigenvalue weighted by atomic mass is 9.93. The maximum Gasteiger partial charge on any atom is 0.271 e. The lowest BCUT2D eigenvalue weighted by Crippen LogP contribution is -2.43. The number of furan rings is 1. The molecule has 12 heteroatoms. The van der Waals surface area contributed by atoms with Gasteiger partial charge in [0.05, 0.1) is 30.0 Å². The summed E-state index contributed by atoms with van der Waals surface area (Å²) in [4.78, 5) is 43.6. The second-order valence-corrected chi connectivity index (χ2v) is 11.4. The molecule has 1 amide bonds. The van der Waals surface area contributed by atoms with Gasteiger partial charge in [-0.25, -0.2) is 15.0 Å². The SMILES string of the molecule is CCN(CC)C(=O)C1=C(C)N=c2s/c(=C\c3ccc(Sc4nccc(C)n4)o3)c(=O)n2[C@H]1c1cc(OC)ccc1OC. The normalized spacial score (nSPS) is 14.9. The van der Waals surface area contributed by atoms with Gasteiger partial charge in [0.2, 0.25) is 0 Å². The minimum absolute atomic E-state index is 0.184. The third kappa shape index (κ3) is 5.64. The molecule has 5 rings (SSSR count). The summed E-state index contributed by atoms with van der Waals surface area (Å²) in [6, 6.07) is 10.0. The van der Waals surface area contributed by atoms with Gasteiger partial charge >= 0.3 is 0 Å². The summed E-state index contributed by atoms with van der Waals surface area (Å²) in [7, 11) is 3.13. The summed E-state index contributed by atoms with van der Waals surface area (Å²) in [5.41, 5.74) is 2.16. The van der Waals surface area contributed by atoms with Gasteiger partial charge in [-0.1, -0.05) is 11.3 Å². The summed E-state index contributed by atoms with van der Waals surface area (Å²) in [6.45, 7) is 8.59. The van der Waals surface area contributed by atoms with Crippen molar-refractivity contribution in [1.29, 1.82) is 0 Å². The van der Waals surface area contributed by atoms with Crippen LogP contribution in [0.5, 0.6) is 11.5 Å². The third-order valence-corrected chi connectivity index (χ3v) is 8.66. The van der Waals surface area contributed by atoms with Crippen LogP contribution in [0.25, 0.3) is 6.08 Å². The van der Waals surface area contributed by atoms with Crippen LogP contribution in [0.3, 0.4) is 0 Å². The third-order valence-electron chi connectivity index (χ3n) is 6.87. The molecule has 0 radical (unpaired) electrons. The average molecular weight is 606 g/mol. The van der Waals surface area contributed by atoms with Gasteiger partial charge in [0.15, 0.2) is 15.1 Å². The summed E-state index contributed by atoms with van der Waals surface area (Å²) in [6.07, 6.45) is 3.39. The smallest absolute Gasteiger partial charge is 0.271 e. The number of nitrogens with zero attached hydrogens (tertiary/aromatic N) is 5. The Kier molecular flexibility index (Phi) is 8.64. The van der Waals surface area contributed by atoms with Crippen LogP contribution in [0.1, 0.15) is 43.8 Å². The number of likely N-dealkylation sites (N-methyl/N-ethyl adjacent to an activating group) is 1. The summed E-state index contributed by atoms with van der Waals surface area (Å²) in [5.74, 6) is 1.42. The molecule has 1 aliphatic rings. The Morgan fingerprint density at radius 2 is 1.93 bits per heavy atom. The van der Waals surface area contributed by atoms with Crippen LogP contribution in [0.15, 0.2) is 78.3 Å². The fraction of sp³-hybridized carbons (Fsp3) is 0.300. The first-order valence-electron chi connectivity index (χ1n) is 13.4. The molecule has 0 N–H and O–H groups in total. The van der Waals surface area contributed by atoms with Crippen molar-refractivity contribution in [1.82, 2.24) is 19.4 Å². The van der Waals surface area contributed by atoms with Crippen molar-refractivity contribution in [3.63, 3.8) is 0 Å². The van der Waals surface area contributed by atoms with E-state index in [1.165, 1.54) is 23.1 Å². The van der Waals surface area contributed by atoms with E-state index < -0.39 is 6.04 Å². The Morgan fingerprint density at radius 3 is 2.62 bits per heavy atom. The number of aromatic nitrogens is 3. The molecule has 0 unspecified atom stereocenters. The molecule has 4 aromatic rings. The number of carbonyl (C=O) groups is 1. The fourth-order valence-electron chi connectivity index (χ4n) is 4.78. The number of methoxy groups -OCH3 is 2. The molecule has 0 saturated heterocycles. The number of thiazole rings is 1. The first kappa shape index (κ1) is 29.3. The molecule has 42 heavy (non-hydrogen) atoms. The number of carbonyl (C=O) groups excluding carboxylic acids is 1. The molecule has 0 aliphatic carbocycles. The van der Waals surface area contributed by atoms with Crippen molar-refractivity contribution in [3.05, 3.63) is 90.6 Å². The van der Waals surface area contributed by atoms with Crippen LogP contribution < -0.4 is 24.4 Å². The Morgan fingerprint density at radius 1 is 1.14 bits per heavy atom. The van der Waals surface area contributed by atoms with Crippen molar-refractivity contribution >= 4 is 35.1 Å². The fourth-order valence-corrected chi connectivity index (χ4v) is 6.57. The van der Waals surface area contributed by atoms with Gasteiger partial charge in [-0.3, -0.25) is 14.2 Å². The van der Waals surface area contributed by atoms with Gasteiger partial charge in [-0.05, 0) is 75.9 Å². The number of rotatable bonds is 9. The maximum atomic E-state index is 14.1. The van der Waals surface area contributed by atoms with Crippen LogP contribution in [0, 0.1) is 6.92 Å². The number of amides is 1. The van der Waals surface area contributed by atoms with Gasteiger partial charge < -0.3 is 18.8 Å². The monoisotopic (exact) mass is 605 g/mol. The largest absolute Gasteiger partial charge is 0.497 e. The summed E-state index contributed by atoms with van der Waals surface area (Å²) < 4.78 is 19.2. The Balaban J connectivity index is 1.65. The van der Waals surface area contributed by atoms with Crippen molar-refractivity contribution in [3.8, 4) is 11.5 Å². The molecular weight excluding hydrogens is 574 g/mol. The van der Waals surface area contributed by atoms with Gasteiger partial charge in [-0.2, -0.15) is 0 Å². The van der Waals surface area contributed by atoms with E-state index in [1.807, 2.05) is 32.9 Å². The molecule has 0 spiro atoms. The minimum Gasteiger partial charge on any atom is -0.497 e. The van der Waals surface area contributed by atoms with E-state index in [4.69, 9.17) is 18.9 Å². The van der Waals surface area contributed by atoms with Crippen LogP contribution in [-0.2, 0) is 4.79 Å². The lowest BCUT2D eigenvalue weighted by Gasteiger charge is -2.30. The molecule has 10 nitrogen and oxygen atoms in total. The number of allylic oxidation sites excluding steroid dienone is 1. The minimum atomic E-state index is -0.775. The summed E-state index contributed by atoms with van der Waals surface area (Å²) >= 11 is 2.54. The molecule has 0 saturated carbocycles. The van der Waals surface area contributed by atoms with Crippen molar-refractivity contribution in [2.24, 2.45) is 4.99 Å². The molecule has 4 heterocycles. The van der Waals surface area contributed by atoms with E-state index in [-0.39, 0.29) is 11.5 Å². The quantitative estimate of drug-likeness (QED) is 0.264. The molecule has 218 valence electrons. The molecule has 0 fully saturated rings. The highest BCUT2D eigenvalue weighted by Crippen LogP contribution is 2.38. The number of ether oxygens (including phenoxy) is 2. The van der Waals surface area contributed by atoms with Gasteiger partial charge in [0.1, 0.15) is 23.3 Å². The highest BCUT2D eigenvalue weighted by atomic mass is 32.2. The van der Waals surface area contributed by atoms with Crippen molar-refractivity contribution in [2.45, 2.75) is 44.0 Å². The average Bonchev–Trinajstić information content (AvgIpc) is 3.55. The van der Waals surface area contributed by atoms with E-state index in [9.17, 15) is 9.59 Å². The predicted molar refractivity (Wildman–Crippen MR) is 161 cm³/mol. The van der Waals surface area contributed by atoms with Gasteiger partial charge in [0.25, 0.3) is 11.5 Å². The number of fused-ring (bicyclic) bond motifs is 1. The Hall–Kier alpha value is -4.16. The highest BCUT2D eigenvalue weighted by molar-refractivity contribution is 7.99. The molecular formula is C30H31N5O5S2. The topological polar surface area (TPSA) is 112 Å². The van der Waals surface area contributed by atoms with E-state index in [0.29, 0.717) is 66.8 Å². The van der Waals surface area contributed by atoms with E-state index in [1.54, 1.807) is 67.1 Å². The zero-order valence-corrected chi connectivity index (χ0v) is 25.8. The van der Waals surface area contributed by atoms with Crippen LogP contribution >= 0.6 is 23.1 Å². The Bertz CT molecular complexity index is 1850. The van der Waals surface area contributed by atoms with E-state index in [2.05, 4.69) is 9.97 Å². The van der Waals surface area contributed by atoms with E-state index in [0.717, 1.165) is 5.69 Å². The number of benzene rings is 1. The second-order valence-electron chi connectivity index (χ2n) is 9.41. The lowest BCUT2D eigenvalue weighted by molar-refractivity contribution is -0.127. The molecule has 1 atom stereocenters. The Labute approximate surface area is 251 Å². The standard InChI is InChI=1S/C30H31N5O5S2/c1-7-34(8-2)28(37)25-18(4)33-30-35(26(25)21-15-19(38-5)9-11-22(21)39-6)27(36)23(41-30)16-20-10-12-24(40-20)42-29-31-14-13-17(3)32-29/h9-16,26H,7-8H2,1-6H3/b23-16-/t26-/m0/s1. The first-order chi connectivity index (χ1) is 20.3.